The van der Waals surface area contributed by atoms with Gasteiger partial charge in [0, 0.05) is 17.1 Å². The van der Waals surface area contributed by atoms with Gasteiger partial charge in [-0.15, -0.1) is 13.2 Å². The van der Waals surface area contributed by atoms with Crippen LogP contribution in [-0.2, 0) is 11.6 Å². The molecule has 2 rings (SSSR count). The predicted molar refractivity (Wildman–Crippen MR) is 61.6 cm³/mol. The smallest absolute Gasteiger partial charge is 0.178 e. The maximum absolute atomic E-state index is 12.3. The molecule has 0 unspecified atom stereocenters. The molecule has 90 valence electrons. The second kappa shape index (κ2) is 4.52. The van der Waals surface area contributed by atoms with Crippen molar-refractivity contribution in [3.8, 4) is 11.1 Å². The number of hydrogen-bond acceptors (Lipinski definition) is 1. The number of nitrogens with zero attached hydrogens (tertiary/aromatic N) is 2. The van der Waals surface area contributed by atoms with E-state index in [1.54, 1.807) is 12.1 Å². The second-order valence-electron chi connectivity index (χ2n) is 3.47. The molecule has 0 atom stereocenters. The van der Waals surface area contributed by atoms with Crippen LogP contribution in [0, 0.1) is 0 Å². The van der Waals surface area contributed by atoms with Gasteiger partial charge in [-0.05, 0) is 11.1 Å². The van der Waals surface area contributed by atoms with Crippen LogP contribution in [0.15, 0.2) is 36.7 Å². The molecule has 0 aliphatic carbocycles. The number of benzene rings is 1. The Labute approximate surface area is 104 Å². The van der Waals surface area contributed by atoms with Crippen LogP contribution in [0.5, 0.6) is 0 Å². The van der Waals surface area contributed by atoms with Crippen LogP contribution in [0.1, 0.15) is 5.56 Å². The second-order valence-corrected chi connectivity index (χ2v) is 4.03. The molecule has 2 nitrogen and oxygen atoms in total. The Morgan fingerprint density at radius 2 is 1.76 bits per heavy atom. The van der Waals surface area contributed by atoms with E-state index >= 15 is 0 Å². The lowest BCUT2D eigenvalue weighted by molar-refractivity contribution is -0.212. The van der Waals surface area contributed by atoms with Gasteiger partial charge >= 0.3 is 6.30 Å². The van der Waals surface area contributed by atoms with Gasteiger partial charge in [-0.2, -0.15) is 9.78 Å². The average molecular weight is 305 g/mol. The van der Waals surface area contributed by atoms with Gasteiger partial charge in [0.05, 0.1) is 6.20 Å². The van der Waals surface area contributed by atoms with E-state index < -0.39 is 6.30 Å². The van der Waals surface area contributed by atoms with E-state index in [1.165, 1.54) is 6.20 Å². The van der Waals surface area contributed by atoms with Crippen LogP contribution in [-0.4, -0.2) is 9.78 Å². The highest BCUT2D eigenvalue weighted by Gasteiger charge is 2.31. The Morgan fingerprint density at radius 1 is 1.12 bits per heavy atom. The minimum absolute atomic E-state index is 0.000726. The van der Waals surface area contributed by atoms with Gasteiger partial charge in [0.15, 0.2) is 0 Å². The third-order valence-electron chi connectivity index (χ3n) is 2.28. The highest BCUT2D eigenvalue weighted by Crippen LogP contribution is 2.25. The fourth-order valence-electron chi connectivity index (χ4n) is 1.40. The summed E-state index contributed by atoms with van der Waals surface area (Å²) in [5.41, 5.74) is 2.23. The Hall–Kier alpha value is -1.30. The molecule has 0 bridgehead atoms. The number of halogens is 4. The Kier molecular flexibility index (Phi) is 3.24. The monoisotopic (exact) mass is 304 g/mol. The Balaban J connectivity index is 2.30. The number of rotatable bonds is 2. The summed E-state index contributed by atoms with van der Waals surface area (Å²) in [6.07, 6.45) is -2.28. The van der Waals surface area contributed by atoms with Gasteiger partial charge in [-0.25, -0.2) is 0 Å². The molecule has 0 amide bonds. The summed E-state index contributed by atoms with van der Waals surface area (Å²) in [5.74, 6) is 0. The van der Waals surface area contributed by atoms with Crippen molar-refractivity contribution in [2.45, 2.75) is 11.6 Å². The van der Waals surface area contributed by atoms with Crippen molar-refractivity contribution >= 4 is 15.9 Å². The summed E-state index contributed by atoms with van der Waals surface area (Å²) in [7, 11) is 0. The maximum Gasteiger partial charge on any atom is 0.504 e. The van der Waals surface area contributed by atoms with E-state index in [0.717, 1.165) is 17.1 Å². The quantitative estimate of drug-likeness (QED) is 0.769. The Bertz CT molecular complexity index is 502. The van der Waals surface area contributed by atoms with Crippen molar-refractivity contribution in [2.24, 2.45) is 0 Å². The molecule has 0 radical (unpaired) electrons. The molecule has 1 aromatic heterocycles. The summed E-state index contributed by atoms with van der Waals surface area (Å²) >= 11 is 3.30. The van der Waals surface area contributed by atoms with Crippen molar-refractivity contribution in [3.63, 3.8) is 0 Å². The standard InChI is InChI=1S/C11H8BrF3N2/c12-5-8-1-3-9(4-2-8)10-6-16-17(7-10)11(13,14)15/h1-4,6-7H,5H2. The molecule has 2 aromatic rings. The topological polar surface area (TPSA) is 17.8 Å². The lowest BCUT2D eigenvalue weighted by atomic mass is 10.1. The van der Waals surface area contributed by atoms with E-state index in [-0.39, 0.29) is 4.68 Å². The predicted octanol–water partition coefficient (Wildman–Crippen LogP) is 3.92. The number of aromatic nitrogens is 2. The van der Waals surface area contributed by atoms with Crippen LogP contribution in [0.4, 0.5) is 13.2 Å². The number of alkyl halides is 4. The molecule has 17 heavy (non-hydrogen) atoms. The van der Waals surface area contributed by atoms with Gasteiger partial charge < -0.3 is 0 Å². The van der Waals surface area contributed by atoms with Gasteiger partial charge in [-0.1, -0.05) is 40.2 Å². The molecule has 1 aromatic carbocycles. The van der Waals surface area contributed by atoms with E-state index in [2.05, 4.69) is 21.0 Å². The third-order valence-corrected chi connectivity index (χ3v) is 2.93. The SMILES string of the molecule is FC(F)(F)n1cc(-c2ccc(CBr)cc2)cn1. The van der Waals surface area contributed by atoms with Crippen molar-refractivity contribution in [3.05, 3.63) is 42.2 Å². The maximum atomic E-state index is 12.3. The molecule has 0 fully saturated rings. The normalized spacial score (nSPS) is 11.8. The highest BCUT2D eigenvalue weighted by atomic mass is 79.9. The van der Waals surface area contributed by atoms with Gasteiger partial charge in [0.25, 0.3) is 0 Å². The zero-order valence-electron chi connectivity index (χ0n) is 8.58. The first-order valence-corrected chi connectivity index (χ1v) is 5.90. The fraction of sp³-hybridized carbons (Fsp3) is 0.182. The number of hydrogen-bond donors (Lipinski definition) is 0. The Morgan fingerprint density at radius 3 is 2.24 bits per heavy atom. The summed E-state index contributed by atoms with van der Waals surface area (Å²) in [4.78, 5) is 0. The van der Waals surface area contributed by atoms with Crippen LogP contribution < -0.4 is 0 Å². The van der Waals surface area contributed by atoms with Crippen molar-refractivity contribution < 1.29 is 13.2 Å². The van der Waals surface area contributed by atoms with E-state index in [0.29, 0.717) is 11.1 Å². The summed E-state index contributed by atoms with van der Waals surface area (Å²) in [6, 6.07) is 7.26. The minimum Gasteiger partial charge on any atom is -0.178 e. The molecule has 0 saturated heterocycles. The van der Waals surface area contributed by atoms with Gasteiger partial charge in [0.2, 0.25) is 0 Å². The highest BCUT2D eigenvalue weighted by molar-refractivity contribution is 9.08. The van der Waals surface area contributed by atoms with Crippen molar-refractivity contribution in [2.75, 3.05) is 0 Å². The molecule has 0 aliphatic rings. The average Bonchev–Trinajstić information content (AvgIpc) is 2.78. The molecule has 0 saturated carbocycles. The first-order valence-electron chi connectivity index (χ1n) is 4.78. The third kappa shape index (κ3) is 2.69. The minimum atomic E-state index is -4.46. The summed E-state index contributed by atoms with van der Waals surface area (Å²) in [5, 5.41) is 4.01. The lowest BCUT2D eigenvalue weighted by Crippen LogP contribution is -2.16. The van der Waals surface area contributed by atoms with Crippen LogP contribution in [0.25, 0.3) is 11.1 Å². The lowest BCUT2D eigenvalue weighted by Gasteiger charge is -2.04. The summed E-state index contributed by atoms with van der Waals surface area (Å²) in [6.45, 7) is 0. The molecule has 6 heteroatoms. The van der Waals surface area contributed by atoms with Gasteiger partial charge in [-0.3, -0.25) is 0 Å². The van der Waals surface area contributed by atoms with Crippen LogP contribution in [0.3, 0.4) is 0 Å². The van der Waals surface area contributed by atoms with Crippen LogP contribution >= 0.6 is 15.9 Å². The fourth-order valence-corrected chi connectivity index (χ4v) is 1.77. The first-order chi connectivity index (χ1) is 8.00. The van der Waals surface area contributed by atoms with E-state index in [4.69, 9.17) is 0 Å². The molecule has 1 heterocycles. The molecule has 0 spiro atoms. The zero-order chi connectivity index (χ0) is 12.5. The van der Waals surface area contributed by atoms with E-state index in [9.17, 15) is 13.2 Å². The van der Waals surface area contributed by atoms with E-state index in [1.807, 2.05) is 12.1 Å². The largest absolute Gasteiger partial charge is 0.504 e. The molecular weight excluding hydrogens is 297 g/mol. The first kappa shape index (κ1) is 12.2. The zero-order valence-corrected chi connectivity index (χ0v) is 10.2. The van der Waals surface area contributed by atoms with Crippen LogP contribution in [0.2, 0.25) is 0 Å². The van der Waals surface area contributed by atoms with Crippen molar-refractivity contribution in [1.29, 1.82) is 0 Å². The molecule has 0 aliphatic heterocycles. The molecule has 0 N–H and O–H groups in total. The van der Waals surface area contributed by atoms with Crippen molar-refractivity contribution in [1.82, 2.24) is 9.78 Å². The van der Waals surface area contributed by atoms with Gasteiger partial charge in [0.1, 0.15) is 0 Å². The molecular formula is C11H8BrF3N2. The summed E-state index contributed by atoms with van der Waals surface area (Å²) < 4.78 is 37.0.